The maximum absolute atomic E-state index is 12.6. The number of carboxylic acid groups (broad SMARTS) is 1. The number of thioether (sulfide) groups is 1. The predicted molar refractivity (Wildman–Crippen MR) is 82.0 cm³/mol. The summed E-state index contributed by atoms with van der Waals surface area (Å²) in [5.74, 6) is -0.276. The molecule has 1 heterocycles. The lowest BCUT2D eigenvalue weighted by Crippen LogP contribution is -2.52. The molecule has 1 fully saturated rings. The molecule has 20 heavy (non-hydrogen) atoms. The van der Waals surface area contributed by atoms with E-state index in [9.17, 15) is 14.7 Å². The van der Waals surface area contributed by atoms with Gasteiger partial charge in [0.15, 0.2) is 0 Å². The van der Waals surface area contributed by atoms with Gasteiger partial charge in [0.05, 0.1) is 5.41 Å². The largest absolute Gasteiger partial charge is 0.480 e. The summed E-state index contributed by atoms with van der Waals surface area (Å²) in [4.78, 5) is 23.8. The van der Waals surface area contributed by atoms with E-state index in [0.717, 1.165) is 44.5 Å². The van der Waals surface area contributed by atoms with Crippen LogP contribution in [-0.2, 0) is 9.59 Å². The Morgan fingerprint density at radius 1 is 1.40 bits per heavy atom. The second kappa shape index (κ2) is 8.52. The number of nitrogens with one attached hydrogen (secondary N) is 2. The molecule has 0 saturated carbocycles. The van der Waals surface area contributed by atoms with Gasteiger partial charge in [-0.25, -0.2) is 4.79 Å². The second-order valence-electron chi connectivity index (χ2n) is 5.43. The molecule has 1 amide bonds. The second-order valence-corrected chi connectivity index (χ2v) is 6.41. The molecule has 6 heteroatoms. The number of amides is 1. The average molecular weight is 302 g/mol. The Morgan fingerprint density at radius 2 is 2.05 bits per heavy atom. The van der Waals surface area contributed by atoms with Gasteiger partial charge in [-0.05, 0) is 50.8 Å². The topological polar surface area (TPSA) is 78.4 Å². The number of hydrogen-bond donors (Lipinski definition) is 3. The number of carboxylic acids is 1. The molecule has 0 aliphatic carbocycles. The van der Waals surface area contributed by atoms with Crippen molar-refractivity contribution in [1.82, 2.24) is 10.6 Å². The van der Waals surface area contributed by atoms with Crippen molar-refractivity contribution in [3.05, 3.63) is 0 Å². The number of rotatable bonds is 8. The summed E-state index contributed by atoms with van der Waals surface area (Å²) in [7, 11) is 0. The van der Waals surface area contributed by atoms with E-state index in [1.54, 1.807) is 11.8 Å². The predicted octanol–water partition coefficient (Wildman–Crippen LogP) is 1.48. The lowest BCUT2D eigenvalue weighted by atomic mass is 9.74. The maximum atomic E-state index is 12.6. The van der Waals surface area contributed by atoms with Crippen LogP contribution in [0.25, 0.3) is 0 Å². The van der Waals surface area contributed by atoms with Gasteiger partial charge in [0.2, 0.25) is 5.91 Å². The van der Waals surface area contributed by atoms with Crippen LogP contribution in [0.1, 0.15) is 39.0 Å². The third kappa shape index (κ3) is 4.66. The molecular weight excluding hydrogens is 276 g/mol. The van der Waals surface area contributed by atoms with Crippen LogP contribution in [0.15, 0.2) is 0 Å². The van der Waals surface area contributed by atoms with Crippen molar-refractivity contribution in [2.24, 2.45) is 5.41 Å². The summed E-state index contributed by atoms with van der Waals surface area (Å²) in [5, 5.41) is 15.3. The quantitative estimate of drug-likeness (QED) is 0.633. The highest BCUT2D eigenvalue weighted by Crippen LogP contribution is 2.34. The molecule has 0 aromatic rings. The Hall–Kier alpha value is -0.750. The Kier molecular flexibility index (Phi) is 7.37. The fourth-order valence-corrected chi connectivity index (χ4v) is 3.25. The minimum absolute atomic E-state index is 0.0747. The molecule has 0 radical (unpaired) electrons. The van der Waals surface area contributed by atoms with E-state index in [-0.39, 0.29) is 11.3 Å². The number of hydrogen-bond acceptors (Lipinski definition) is 4. The highest BCUT2D eigenvalue weighted by Gasteiger charge is 2.39. The van der Waals surface area contributed by atoms with Gasteiger partial charge in [-0.3, -0.25) is 4.79 Å². The van der Waals surface area contributed by atoms with Crippen molar-refractivity contribution in [3.63, 3.8) is 0 Å². The van der Waals surface area contributed by atoms with Crippen molar-refractivity contribution in [2.75, 3.05) is 25.1 Å². The average Bonchev–Trinajstić information content (AvgIpc) is 2.44. The van der Waals surface area contributed by atoms with Crippen molar-refractivity contribution >= 4 is 23.6 Å². The van der Waals surface area contributed by atoms with Crippen LogP contribution in [0.2, 0.25) is 0 Å². The molecule has 0 unspecified atom stereocenters. The van der Waals surface area contributed by atoms with Gasteiger partial charge in [-0.1, -0.05) is 13.3 Å². The van der Waals surface area contributed by atoms with Crippen LogP contribution in [0.4, 0.5) is 0 Å². The Morgan fingerprint density at radius 3 is 2.55 bits per heavy atom. The van der Waals surface area contributed by atoms with Gasteiger partial charge in [0.1, 0.15) is 6.04 Å². The zero-order valence-corrected chi connectivity index (χ0v) is 13.2. The smallest absolute Gasteiger partial charge is 0.326 e. The first kappa shape index (κ1) is 17.3. The minimum Gasteiger partial charge on any atom is -0.480 e. The molecule has 1 saturated heterocycles. The van der Waals surface area contributed by atoms with Crippen molar-refractivity contribution in [3.8, 4) is 0 Å². The first-order valence-corrected chi connectivity index (χ1v) is 8.68. The molecule has 1 aliphatic heterocycles. The monoisotopic (exact) mass is 302 g/mol. The summed E-state index contributed by atoms with van der Waals surface area (Å²) in [5.41, 5.74) is -0.382. The SMILES string of the molecule is CCCC1(C(=O)N[C@H](CCSC)C(=O)O)CCNCC1. The van der Waals surface area contributed by atoms with Crippen LogP contribution in [0, 0.1) is 5.41 Å². The summed E-state index contributed by atoms with van der Waals surface area (Å²) in [6.45, 7) is 3.73. The Labute approximate surface area is 125 Å². The summed E-state index contributed by atoms with van der Waals surface area (Å²) < 4.78 is 0. The maximum Gasteiger partial charge on any atom is 0.326 e. The van der Waals surface area contributed by atoms with Crippen LogP contribution in [0.3, 0.4) is 0 Å². The van der Waals surface area contributed by atoms with Crippen molar-refractivity contribution in [2.45, 2.75) is 45.1 Å². The first-order chi connectivity index (χ1) is 9.55. The molecule has 0 aromatic carbocycles. The molecule has 0 spiro atoms. The molecule has 0 aromatic heterocycles. The van der Waals surface area contributed by atoms with Crippen molar-refractivity contribution in [1.29, 1.82) is 0 Å². The molecule has 0 bridgehead atoms. The van der Waals surface area contributed by atoms with Crippen LogP contribution in [0.5, 0.6) is 0 Å². The highest BCUT2D eigenvalue weighted by atomic mass is 32.2. The number of piperidine rings is 1. The van der Waals surface area contributed by atoms with Crippen molar-refractivity contribution < 1.29 is 14.7 Å². The van der Waals surface area contributed by atoms with E-state index >= 15 is 0 Å². The number of carbonyl (C=O) groups excluding carboxylic acids is 1. The van der Waals surface area contributed by atoms with Gasteiger partial charge < -0.3 is 15.7 Å². The first-order valence-electron chi connectivity index (χ1n) is 7.29. The van der Waals surface area contributed by atoms with E-state index < -0.39 is 12.0 Å². The lowest BCUT2D eigenvalue weighted by molar-refractivity contribution is -0.144. The van der Waals surface area contributed by atoms with Gasteiger partial charge in [0.25, 0.3) is 0 Å². The Bertz CT molecular complexity index is 325. The number of carbonyl (C=O) groups is 2. The van der Waals surface area contributed by atoms with E-state index in [1.165, 1.54) is 0 Å². The van der Waals surface area contributed by atoms with Crippen LogP contribution in [-0.4, -0.2) is 48.1 Å². The third-order valence-electron chi connectivity index (χ3n) is 3.98. The molecule has 1 atom stereocenters. The molecule has 116 valence electrons. The molecule has 1 rings (SSSR count). The van der Waals surface area contributed by atoms with E-state index in [2.05, 4.69) is 17.6 Å². The fraction of sp³-hybridized carbons (Fsp3) is 0.857. The van der Waals surface area contributed by atoms with Crippen LogP contribution >= 0.6 is 11.8 Å². The zero-order valence-electron chi connectivity index (χ0n) is 12.4. The molecule has 1 aliphatic rings. The summed E-state index contributed by atoms with van der Waals surface area (Å²) >= 11 is 1.59. The van der Waals surface area contributed by atoms with Gasteiger partial charge >= 0.3 is 5.97 Å². The molecular formula is C14H26N2O3S. The molecule has 5 nitrogen and oxygen atoms in total. The van der Waals surface area contributed by atoms with Crippen LogP contribution < -0.4 is 10.6 Å². The lowest BCUT2D eigenvalue weighted by Gasteiger charge is -2.37. The summed E-state index contributed by atoms with van der Waals surface area (Å²) in [6.07, 6.45) is 5.77. The highest BCUT2D eigenvalue weighted by molar-refractivity contribution is 7.98. The van der Waals surface area contributed by atoms with Gasteiger partial charge in [-0.15, -0.1) is 0 Å². The van der Waals surface area contributed by atoms with Gasteiger partial charge in [-0.2, -0.15) is 11.8 Å². The van der Waals surface area contributed by atoms with E-state index in [4.69, 9.17) is 0 Å². The minimum atomic E-state index is -0.937. The van der Waals surface area contributed by atoms with Gasteiger partial charge in [0, 0.05) is 0 Å². The third-order valence-corrected chi connectivity index (χ3v) is 4.63. The number of aliphatic carboxylic acids is 1. The fourth-order valence-electron chi connectivity index (χ4n) is 2.78. The normalized spacial score (nSPS) is 19.3. The van der Waals surface area contributed by atoms with E-state index in [1.807, 2.05) is 6.26 Å². The standard InChI is InChI=1S/C14H26N2O3S/c1-3-5-14(6-8-15-9-7-14)13(19)16-11(12(17)18)4-10-20-2/h11,15H,3-10H2,1-2H3,(H,16,19)(H,17,18)/t11-/m1/s1. The molecule has 3 N–H and O–H groups in total. The zero-order chi connectivity index (χ0) is 15.0. The Balaban J connectivity index is 2.70. The summed E-state index contributed by atoms with van der Waals surface area (Å²) in [6, 6.07) is -0.765. The van der Waals surface area contributed by atoms with E-state index in [0.29, 0.717) is 6.42 Å².